The minimum absolute atomic E-state index is 0. The Labute approximate surface area is 163 Å². The molecule has 142 valence electrons. The van der Waals surface area contributed by atoms with Gasteiger partial charge in [-0.25, -0.2) is 9.69 Å². The zero-order chi connectivity index (χ0) is 18.0. The van der Waals surface area contributed by atoms with Crippen molar-refractivity contribution in [3.8, 4) is 0 Å². The van der Waals surface area contributed by atoms with Crippen LogP contribution in [-0.2, 0) is 9.59 Å². The molecular weight excluding hydrogens is 379 g/mol. The fourth-order valence-electron chi connectivity index (χ4n) is 3.22. The van der Waals surface area contributed by atoms with E-state index in [0.717, 1.165) is 17.7 Å². The van der Waals surface area contributed by atoms with Gasteiger partial charge >= 0.3 is 6.03 Å². The summed E-state index contributed by atoms with van der Waals surface area (Å²) in [5.41, 5.74) is 6.35. The van der Waals surface area contributed by atoms with Gasteiger partial charge in [-0.2, -0.15) is 0 Å². The minimum Gasteiger partial charge on any atom is -0.341 e. The molecule has 0 spiro atoms. The number of likely N-dealkylation sites (tertiary alicyclic amines) is 1. The molecule has 1 aromatic rings. The Morgan fingerprint density at radius 3 is 2.62 bits per heavy atom. The molecular formula is C17H22Cl2N4O3. The lowest BCUT2D eigenvalue weighted by molar-refractivity contribution is -0.132. The largest absolute Gasteiger partial charge is 0.341 e. The van der Waals surface area contributed by atoms with Crippen molar-refractivity contribution in [2.24, 2.45) is 5.73 Å². The number of benzene rings is 1. The summed E-state index contributed by atoms with van der Waals surface area (Å²) in [6, 6.07) is 5.31. The fraction of sp³-hybridized carbons (Fsp3) is 0.471. The van der Waals surface area contributed by atoms with Crippen LogP contribution in [0.3, 0.4) is 0 Å². The zero-order valence-electron chi connectivity index (χ0n) is 14.2. The highest BCUT2D eigenvalue weighted by Crippen LogP contribution is 2.23. The number of hydrogen-bond donors (Lipinski definition) is 2. The molecule has 2 atom stereocenters. The maximum Gasteiger partial charge on any atom is 0.329 e. The van der Waals surface area contributed by atoms with Crippen LogP contribution in [0.25, 0.3) is 0 Å². The van der Waals surface area contributed by atoms with Crippen molar-refractivity contribution >= 4 is 47.5 Å². The first kappa shape index (κ1) is 20.5. The highest BCUT2D eigenvalue weighted by Gasteiger charge is 2.39. The van der Waals surface area contributed by atoms with Crippen LogP contribution >= 0.6 is 24.0 Å². The number of nitrogens with zero attached hydrogens (tertiary/aromatic N) is 2. The van der Waals surface area contributed by atoms with Crippen molar-refractivity contribution in [3.05, 3.63) is 29.3 Å². The lowest BCUT2D eigenvalue weighted by atomic mass is 10.1. The highest BCUT2D eigenvalue weighted by atomic mass is 35.5. The van der Waals surface area contributed by atoms with E-state index in [9.17, 15) is 14.4 Å². The highest BCUT2D eigenvalue weighted by molar-refractivity contribution is 6.30. The number of piperidine rings is 1. The van der Waals surface area contributed by atoms with Crippen molar-refractivity contribution in [2.45, 2.75) is 37.8 Å². The van der Waals surface area contributed by atoms with E-state index in [-0.39, 0.29) is 43.1 Å². The quantitative estimate of drug-likeness (QED) is 0.754. The molecule has 2 heterocycles. The van der Waals surface area contributed by atoms with Gasteiger partial charge in [0.2, 0.25) is 5.91 Å². The number of hydrogen-bond acceptors (Lipinski definition) is 4. The van der Waals surface area contributed by atoms with E-state index in [4.69, 9.17) is 17.3 Å². The Balaban J connectivity index is 0.00000243. The van der Waals surface area contributed by atoms with Gasteiger partial charge in [0.15, 0.2) is 0 Å². The number of anilines is 1. The number of urea groups is 1. The number of rotatable bonds is 4. The summed E-state index contributed by atoms with van der Waals surface area (Å²) in [6.45, 7) is 1.26. The van der Waals surface area contributed by atoms with Gasteiger partial charge in [-0.1, -0.05) is 11.6 Å². The molecule has 0 aromatic heterocycles. The van der Waals surface area contributed by atoms with Crippen LogP contribution in [0.5, 0.6) is 0 Å². The van der Waals surface area contributed by atoms with Crippen LogP contribution in [0.2, 0.25) is 5.02 Å². The summed E-state index contributed by atoms with van der Waals surface area (Å²) in [4.78, 5) is 39.7. The molecule has 1 aromatic carbocycles. The van der Waals surface area contributed by atoms with Crippen molar-refractivity contribution in [1.29, 1.82) is 0 Å². The first-order valence-electron chi connectivity index (χ1n) is 8.39. The normalized spacial score (nSPS) is 22.8. The summed E-state index contributed by atoms with van der Waals surface area (Å²) in [6.07, 6.45) is 2.31. The predicted molar refractivity (Wildman–Crippen MR) is 102 cm³/mol. The van der Waals surface area contributed by atoms with Gasteiger partial charge in [0.25, 0.3) is 5.91 Å². The molecule has 0 aliphatic carbocycles. The molecule has 9 heteroatoms. The Hall–Kier alpha value is -1.83. The van der Waals surface area contributed by atoms with Crippen LogP contribution in [0, 0.1) is 0 Å². The second-order valence-electron chi connectivity index (χ2n) is 6.43. The molecule has 0 bridgehead atoms. The van der Waals surface area contributed by atoms with Gasteiger partial charge in [0.05, 0.1) is 5.69 Å². The zero-order valence-corrected chi connectivity index (χ0v) is 15.8. The van der Waals surface area contributed by atoms with Crippen molar-refractivity contribution in [2.75, 3.05) is 18.0 Å². The van der Waals surface area contributed by atoms with E-state index in [1.807, 2.05) is 0 Å². The van der Waals surface area contributed by atoms with Gasteiger partial charge < -0.3 is 16.0 Å². The number of amides is 4. The third-order valence-corrected chi connectivity index (χ3v) is 4.81. The van der Waals surface area contributed by atoms with Gasteiger partial charge in [0, 0.05) is 30.6 Å². The number of halogens is 2. The molecule has 2 fully saturated rings. The standard InChI is InChI=1S/C17H21ClN4O3.ClH/c18-11-3-5-13(6-4-11)22-16(24)14(20-17(22)25)7-8-15(23)21-9-1-2-12(19)10-21;/h3-6,12,14H,1-2,7-10,19H2,(H,20,25);1H. The Morgan fingerprint density at radius 2 is 1.96 bits per heavy atom. The second kappa shape index (κ2) is 8.70. The molecule has 4 amide bonds. The van der Waals surface area contributed by atoms with Crippen LogP contribution in [0.15, 0.2) is 24.3 Å². The summed E-state index contributed by atoms with van der Waals surface area (Å²) >= 11 is 5.83. The van der Waals surface area contributed by atoms with Crippen LogP contribution in [0.1, 0.15) is 25.7 Å². The van der Waals surface area contributed by atoms with E-state index in [2.05, 4.69) is 5.32 Å². The van der Waals surface area contributed by atoms with Crippen LogP contribution in [-0.4, -0.2) is 47.9 Å². The second-order valence-corrected chi connectivity index (χ2v) is 6.87. The molecule has 7 nitrogen and oxygen atoms in total. The Bertz CT molecular complexity index is 683. The molecule has 2 aliphatic rings. The van der Waals surface area contributed by atoms with Gasteiger partial charge in [-0.05, 0) is 43.5 Å². The number of carbonyl (C=O) groups excluding carboxylic acids is 3. The van der Waals surface area contributed by atoms with Crippen LogP contribution < -0.4 is 16.0 Å². The number of nitrogens with two attached hydrogens (primary N) is 1. The first-order chi connectivity index (χ1) is 12.0. The summed E-state index contributed by atoms with van der Waals surface area (Å²) in [7, 11) is 0. The van der Waals surface area contributed by atoms with E-state index in [1.165, 1.54) is 0 Å². The lowest BCUT2D eigenvalue weighted by Gasteiger charge is -2.31. The average molecular weight is 401 g/mol. The maximum atomic E-state index is 12.5. The number of imide groups is 1. The SMILES string of the molecule is Cl.NC1CCCN(C(=O)CCC2NC(=O)N(c3ccc(Cl)cc3)C2=O)C1. The summed E-state index contributed by atoms with van der Waals surface area (Å²) < 4.78 is 0. The Kier molecular flexibility index (Phi) is 6.86. The average Bonchev–Trinajstić information content (AvgIpc) is 2.87. The van der Waals surface area contributed by atoms with E-state index in [1.54, 1.807) is 29.2 Å². The third-order valence-electron chi connectivity index (χ3n) is 4.56. The van der Waals surface area contributed by atoms with E-state index >= 15 is 0 Å². The molecule has 3 rings (SSSR count). The van der Waals surface area contributed by atoms with Gasteiger partial charge in [0.1, 0.15) is 6.04 Å². The van der Waals surface area contributed by atoms with Crippen molar-refractivity contribution < 1.29 is 14.4 Å². The maximum absolute atomic E-state index is 12.5. The van der Waals surface area contributed by atoms with Gasteiger partial charge in [-0.15, -0.1) is 12.4 Å². The minimum atomic E-state index is -0.689. The third kappa shape index (κ3) is 4.47. The van der Waals surface area contributed by atoms with E-state index < -0.39 is 12.1 Å². The monoisotopic (exact) mass is 400 g/mol. The molecule has 26 heavy (non-hydrogen) atoms. The Morgan fingerprint density at radius 1 is 1.27 bits per heavy atom. The number of nitrogens with one attached hydrogen (secondary N) is 1. The lowest BCUT2D eigenvalue weighted by Crippen LogP contribution is -2.46. The smallest absolute Gasteiger partial charge is 0.329 e. The van der Waals surface area contributed by atoms with Crippen molar-refractivity contribution in [3.63, 3.8) is 0 Å². The topological polar surface area (TPSA) is 95.7 Å². The van der Waals surface area contributed by atoms with Crippen LogP contribution in [0.4, 0.5) is 10.5 Å². The molecule has 2 aliphatic heterocycles. The molecule has 0 radical (unpaired) electrons. The van der Waals surface area contributed by atoms with Gasteiger partial charge in [-0.3, -0.25) is 9.59 Å². The first-order valence-corrected chi connectivity index (χ1v) is 8.77. The predicted octanol–water partition coefficient (Wildman–Crippen LogP) is 1.92. The van der Waals surface area contributed by atoms with Crippen molar-refractivity contribution in [1.82, 2.24) is 10.2 Å². The summed E-state index contributed by atoms with van der Waals surface area (Å²) in [5, 5.41) is 3.17. The van der Waals surface area contributed by atoms with E-state index in [0.29, 0.717) is 23.8 Å². The fourth-order valence-corrected chi connectivity index (χ4v) is 3.35. The summed E-state index contributed by atoms with van der Waals surface area (Å²) in [5.74, 6) is -0.377. The molecule has 2 unspecified atom stereocenters. The molecule has 2 saturated heterocycles. The molecule has 0 saturated carbocycles. The number of carbonyl (C=O) groups is 3. The molecule has 3 N–H and O–H groups in total.